The fraction of sp³-hybridized carbons (Fsp3) is 0.438. The number of ether oxygens (including phenoxy) is 1. The SMILES string of the molecule is Cc1ccc([C@H](CNC(=O)c2cc(Cl)c[nH]2)N2CCOCC2)o1. The van der Waals surface area contributed by atoms with Gasteiger partial charge in [0.25, 0.3) is 5.91 Å². The van der Waals surface area contributed by atoms with E-state index in [0.717, 1.165) is 24.6 Å². The molecule has 3 rings (SSSR count). The Bertz CT molecular complexity index is 661. The van der Waals surface area contributed by atoms with Crippen molar-refractivity contribution >= 4 is 17.5 Å². The van der Waals surface area contributed by atoms with Crippen LogP contribution in [0, 0.1) is 6.92 Å². The highest BCUT2D eigenvalue weighted by atomic mass is 35.5. The number of hydrogen-bond donors (Lipinski definition) is 2. The Morgan fingerprint density at radius 1 is 1.43 bits per heavy atom. The lowest BCUT2D eigenvalue weighted by Gasteiger charge is -2.33. The molecule has 0 radical (unpaired) electrons. The van der Waals surface area contributed by atoms with Gasteiger partial charge in [0, 0.05) is 25.8 Å². The van der Waals surface area contributed by atoms with Crippen LogP contribution in [0.25, 0.3) is 0 Å². The number of aromatic nitrogens is 1. The van der Waals surface area contributed by atoms with Crippen molar-refractivity contribution in [3.63, 3.8) is 0 Å². The minimum absolute atomic E-state index is 0.0121. The second kappa shape index (κ2) is 7.21. The van der Waals surface area contributed by atoms with Gasteiger partial charge in [-0.1, -0.05) is 11.6 Å². The van der Waals surface area contributed by atoms with Crippen LogP contribution in [0.1, 0.15) is 28.1 Å². The summed E-state index contributed by atoms with van der Waals surface area (Å²) in [5.41, 5.74) is 0.450. The van der Waals surface area contributed by atoms with Crippen molar-refractivity contribution in [1.82, 2.24) is 15.2 Å². The third-order valence-electron chi connectivity index (χ3n) is 3.92. The number of nitrogens with zero attached hydrogens (tertiary/aromatic N) is 1. The largest absolute Gasteiger partial charge is 0.465 e. The van der Waals surface area contributed by atoms with E-state index in [-0.39, 0.29) is 11.9 Å². The molecule has 1 aliphatic heterocycles. The fourth-order valence-corrected chi connectivity index (χ4v) is 2.88. The van der Waals surface area contributed by atoms with Crippen molar-refractivity contribution < 1.29 is 13.9 Å². The smallest absolute Gasteiger partial charge is 0.267 e. The number of carbonyl (C=O) groups excluding carboxylic acids is 1. The molecule has 1 saturated heterocycles. The highest BCUT2D eigenvalue weighted by molar-refractivity contribution is 6.30. The summed E-state index contributed by atoms with van der Waals surface area (Å²) in [5.74, 6) is 1.54. The fourth-order valence-electron chi connectivity index (χ4n) is 2.71. The van der Waals surface area contributed by atoms with E-state index in [4.69, 9.17) is 20.8 Å². The molecule has 0 spiro atoms. The number of aryl methyl sites for hydroxylation is 1. The first-order chi connectivity index (χ1) is 11.1. The van der Waals surface area contributed by atoms with E-state index in [2.05, 4.69) is 15.2 Å². The van der Waals surface area contributed by atoms with E-state index in [0.29, 0.717) is 30.5 Å². The lowest BCUT2D eigenvalue weighted by atomic mass is 10.1. The summed E-state index contributed by atoms with van der Waals surface area (Å²) in [6, 6.07) is 5.50. The number of carbonyl (C=O) groups is 1. The molecule has 1 fully saturated rings. The van der Waals surface area contributed by atoms with Crippen molar-refractivity contribution in [1.29, 1.82) is 0 Å². The zero-order valence-electron chi connectivity index (χ0n) is 13.0. The van der Waals surface area contributed by atoms with E-state index >= 15 is 0 Å². The Balaban J connectivity index is 1.69. The lowest BCUT2D eigenvalue weighted by molar-refractivity contribution is 0.0117. The number of halogens is 1. The van der Waals surface area contributed by atoms with E-state index in [1.807, 2.05) is 19.1 Å². The molecule has 1 aliphatic rings. The van der Waals surface area contributed by atoms with E-state index in [9.17, 15) is 4.79 Å². The van der Waals surface area contributed by atoms with Crippen LogP contribution in [0.2, 0.25) is 5.02 Å². The molecule has 1 atom stereocenters. The molecule has 2 aromatic heterocycles. The standard InChI is InChI=1S/C16H20ClN3O3/c1-11-2-3-15(23-11)14(20-4-6-22-7-5-20)10-19-16(21)13-8-12(17)9-18-13/h2-3,8-9,14,18H,4-7,10H2,1H3,(H,19,21)/t14-/m0/s1. The normalized spacial score (nSPS) is 17.1. The molecule has 6 nitrogen and oxygen atoms in total. The number of rotatable bonds is 5. The molecule has 0 aromatic carbocycles. The zero-order valence-corrected chi connectivity index (χ0v) is 13.7. The van der Waals surface area contributed by atoms with Gasteiger partial charge in [-0.05, 0) is 25.1 Å². The van der Waals surface area contributed by atoms with Gasteiger partial charge in [0.15, 0.2) is 0 Å². The maximum absolute atomic E-state index is 12.2. The molecule has 3 heterocycles. The number of amides is 1. The zero-order chi connectivity index (χ0) is 16.2. The molecule has 7 heteroatoms. The molecule has 124 valence electrons. The average Bonchev–Trinajstić information content (AvgIpc) is 3.17. The Hall–Kier alpha value is -1.76. The Kier molecular flexibility index (Phi) is 5.05. The van der Waals surface area contributed by atoms with Crippen LogP contribution in [-0.4, -0.2) is 48.6 Å². The van der Waals surface area contributed by atoms with Crippen molar-refractivity contribution in [2.75, 3.05) is 32.8 Å². The predicted molar refractivity (Wildman–Crippen MR) is 86.7 cm³/mol. The van der Waals surface area contributed by atoms with Gasteiger partial charge in [-0.2, -0.15) is 0 Å². The van der Waals surface area contributed by atoms with Crippen LogP contribution < -0.4 is 5.32 Å². The van der Waals surface area contributed by atoms with Gasteiger partial charge in [0.2, 0.25) is 0 Å². The molecule has 0 unspecified atom stereocenters. The van der Waals surface area contributed by atoms with Crippen LogP contribution in [0.5, 0.6) is 0 Å². The average molecular weight is 338 g/mol. The summed E-state index contributed by atoms with van der Waals surface area (Å²) >= 11 is 5.84. The Morgan fingerprint density at radius 3 is 2.83 bits per heavy atom. The van der Waals surface area contributed by atoms with Crippen LogP contribution in [-0.2, 0) is 4.74 Å². The highest BCUT2D eigenvalue weighted by Gasteiger charge is 2.26. The summed E-state index contributed by atoms with van der Waals surface area (Å²) in [5, 5.41) is 3.46. The molecule has 2 N–H and O–H groups in total. The Labute approximate surface area is 139 Å². The summed E-state index contributed by atoms with van der Waals surface area (Å²) in [6.07, 6.45) is 1.59. The van der Waals surface area contributed by atoms with Crippen LogP contribution >= 0.6 is 11.6 Å². The quantitative estimate of drug-likeness (QED) is 0.878. The molecule has 0 bridgehead atoms. The van der Waals surface area contributed by atoms with Crippen LogP contribution in [0.4, 0.5) is 0 Å². The van der Waals surface area contributed by atoms with Crippen molar-refractivity contribution in [2.45, 2.75) is 13.0 Å². The first-order valence-electron chi connectivity index (χ1n) is 7.64. The maximum atomic E-state index is 12.2. The van der Waals surface area contributed by atoms with E-state index in [1.165, 1.54) is 0 Å². The molecular weight excluding hydrogens is 318 g/mol. The second-order valence-corrected chi connectivity index (χ2v) is 5.99. The molecule has 0 saturated carbocycles. The molecule has 1 amide bonds. The molecular formula is C16H20ClN3O3. The van der Waals surface area contributed by atoms with Gasteiger partial charge in [-0.15, -0.1) is 0 Å². The second-order valence-electron chi connectivity index (χ2n) is 5.55. The topological polar surface area (TPSA) is 70.5 Å². The predicted octanol–water partition coefficient (Wildman–Crippen LogP) is 2.37. The van der Waals surface area contributed by atoms with Crippen molar-refractivity contribution in [2.24, 2.45) is 0 Å². The van der Waals surface area contributed by atoms with Crippen molar-refractivity contribution in [3.8, 4) is 0 Å². The van der Waals surface area contributed by atoms with Gasteiger partial charge >= 0.3 is 0 Å². The molecule has 0 aliphatic carbocycles. The third kappa shape index (κ3) is 3.96. The number of nitrogens with one attached hydrogen (secondary N) is 2. The summed E-state index contributed by atoms with van der Waals surface area (Å²) in [7, 11) is 0. The van der Waals surface area contributed by atoms with E-state index in [1.54, 1.807) is 12.3 Å². The summed E-state index contributed by atoms with van der Waals surface area (Å²) in [6.45, 7) is 5.39. The number of aromatic amines is 1. The van der Waals surface area contributed by atoms with Gasteiger partial charge in [0.05, 0.1) is 24.3 Å². The number of H-pyrrole nitrogens is 1. The summed E-state index contributed by atoms with van der Waals surface area (Å²) < 4.78 is 11.2. The summed E-state index contributed by atoms with van der Waals surface area (Å²) in [4.78, 5) is 17.3. The van der Waals surface area contributed by atoms with E-state index < -0.39 is 0 Å². The van der Waals surface area contributed by atoms with Crippen molar-refractivity contribution in [3.05, 3.63) is 46.6 Å². The third-order valence-corrected chi connectivity index (χ3v) is 4.14. The van der Waals surface area contributed by atoms with Gasteiger partial charge in [0.1, 0.15) is 17.2 Å². The first-order valence-corrected chi connectivity index (χ1v) is 8.01. The number of morpholine rings is 1. The highest BCUT2D eigenvalue weighted by Crippen LogP contribution is 2.23. The number of furan rings is 1. The maximum Gasteiger partial charge on any atom is 0.267 e. The molecule has 23 heavy (non-hydrogen) atoms. The van der Waals surface area contributed by atoms with Gasteiger partial charge in [-0.3, -0.25) is 9.69 Å². The number of hydrogen-bond acceptors (Lipinski definition) is 4. The van der Waals surface area contributed by atoms with Crippen LogP contribution in [0.3, 0.4) is 0 Å². The minimum atomic E-state index is -0.182. The van der Waals surface area contributed by atoms with Gasteiger partial charge in [-0.25, -0.2) is 0 Å². The minimum Gasteiger partial charge on any atom is -0.465 e. The molecule has 2 aromatic rings. The Morgan fingerprint density at radius 2 is 2.22 bits per heavy atom. The van der Waals surface area contributed by atoms with Crippen LogP contribution in [0.15, 0.2) is 28.8 Å². The first kappa shape index (κ1) is 16.1. The monoisotopic (exact) mass is 337 g/mol. The lowest BCUT2D eigenvalue weighted by Crippen LogP contribution is -2.43. The van der Waals surface area contributed by atoms with Gasteiger partial charge < -0.3 is 19.5 Å².